The van der Waals surface area contributed by atoms with Gasteiger partial charge in [0.15, 0.2) is 0 Å². The number of hydrogen-bond acceptors (Lipinski definition) is 3. The third kappa shape index (κ3) is 2.84. The van der Waals surface area contributed by atoms with Crippen molar-refractivity contribution in [3.05, 3.63) is 47.3 Å². The third-order valence-corrected chi connectivity index (χ3v) is 4.05. The first-order valence-corrected chi connectivity index (χ1v) is 7.71. The maximum Gasteiger partial charge on any atom is 0.254 e. The van der Waals surface area contributed by atoms with Gasteiger partial charge in [-0.25, -0.2) is 0 Å². The van der Waals surface area contributed by atoms with Crippen LogP contribution < -0.4 is 4.74 Å². The Morgan fingerprint density at radius 3 is 2.82 bits per heavy atom. The molecular formula is C17H21N3O2. The largest absolute Gasteiger partial charge is 0.494 e. The third-order valence-electron chi connectivity index (χ3n) is 4.05. The van der Waals surface area contributed by atoms with Crippen LogP contribution in [-0.2, 0) is 20.0 Å². The number of aromatic nitrogens is 2. The molecule has 0 atom stereocenters. The highest BCUT2D eigenvalue weighted by atomic mass is 16.5. The van der Waals surface area contributed by atoms with Crippen LogP contribution in [0.15, 0.2) is 30.5 Å². The molecule has 22 heavy (non-hydrogen) atoms. The van der Waals surface area contributed by atoms with Crippen molar-refractivity contribution in [2.24, 2.45) is 7.05 Å². The second kappa shape index (κ2) is 6.22. The van der Waals surface area contributed by atoms with Crippen LogP contribution in [0, 0.1) is 0 Å². The Morgan fingerprint density at radius 1 is 1.32 bits per heavy atom. The molecule has 2 aromatic rings. The molecule has 116 valence electrons. The number of aryl methyl sites for hydroxylation is 1. The van der Waals surface area contributed by atoms with Gasteiger partial charge < -0.3 is 9.64 Å². The number of rotatable bonds is 3. The predicted molar refractivity (Wildman–Crippen MR) is 83.9 cm³/mol. The Balaban J connectivity index is 1.77. The van der Waals surface area contributed by atoms with Gasteiger partial charge in [0.1, 0.15) is 5.75 Å². The Labute approximate surface area is 130 Å². The van der Waals surface area contributed by atoms with E-state index in [1.54, 1.807) is 0 Å². The summed E-state index contributed by atoms with van der Waals surface area (Å²) in [6.45, 7) is 3.99. The highest BCUT2D eigenvalue weighted by Crippen LogP contribution is 2.20. The molecule has 1 aromatic carbocycles. The average Bonchev–Trinajstić information content (AvgIpc) is 2.75. The fourth-order valence-corrected chi connectivity index (χ4v) is 2.90. The monoisotopic (exact) mass is 299 g/mol. The lowest BCUT2D eigenvalue weighted by Crippen LogP contribution is -2.30. The van der Waals surface area contributed by atoms with E-state index in [0.717, 1.165) is 30.7 Å². The molecule has 5 nitrogen and oxygen atoms in total. The molecule has 0 N–H and O–H groups in total. The molecule has 0 fully saturated rings. The van der Waals surface area contributed by atoms with Gasteiger partial charge >= 0.3 is 0 Å². The van der Waals surface area contributed by atoms with Crippen molar-refractivity contribution >= 4 is 5.91 Å². The van der Waals surface area contributed by atoms with Gasteiger partial charge in [-0.1, -0.05) is 0 Å². The average molecular weight is 299 g/mol. The van der Waals surface area contributed by atoms with Gasteiger partial charge in [-0.15, -0.1) is 0 Å². The van der Waals surface area contributed by atoms with E-state index in [1.165, 1.54) is 5.69 Å². The van der Waals surface area contributed by atoms with Crippen molar-refractivity contribution in [3.63, 3.8) is 0 Å². The number of benzene rings is 1. The summed E-state index contributed by atoms with van der Waals surface area (Å²) in [6.07, 6.45) is 3.81. The van der Waals surface area contributed by atoms with Gasteiger partial charge in [0, 0.05) is 37.0 Å². The number of fused-ring (bicyclic) bond motifs is 1. The zero-order valence-corrected chi connectivity index (χ0v) is 13.1. The summed E-state index contributed by atoms with van der Waals surface area (Å²) in [6, 6.07) is 7.37. The lowest BCUT2D eigenvalue weighted by molar-refractivity contribution is 0.0746. The summed E-state index contributed by atoms with van der Waals surface area (Å²) >= 11 is 0. The van der Waals surface area contributed by atoms with Crippen LogP contribution in [0.5, 0.6) is 5.75 Å². The fourth-order valence-electron chi connectivity index (χ4n) is 2.90. The van der Waals surface area contributed by atoms with Crippen LogP contribution >= 0.6 is 0 Å². The fraction of sp³-hybridized carbons (Fsp3) is 0.412. The Kier molecular flexibility index (Phi) is 4.13. The minimum Gasteiger partial charge on any atom is -0.494 e. The number of ether oxygens (including phenoxy) is 1. The van der Waals surface area contributed by atoms with E-state index in [4.69, 9.17) is 4.74 Å². The van der Waals surface area contributed by atoms with Crippen molar-refractivity contribution in [2.75, 3.05) is 13.2 Å². The minimum atomic E-state index is 0.0692. The number of carbonyl (C=O) groups excluding carboxylic acids is 1. The Bertz CT molecular complexity index is 661. The SMILES string of the molecule is CCOc1ccc(C(=O)N2CCCc3c(cnn3C)C2)cc1. The predicted octanol–water partition coefficient (Wildman–Crippen LogP) is 2.41. The van der Waals surface area contributed by atoms with Crippen molar-refractivity contribution in [1.82, 2.24) is 14.7 Å². The van der Waals surface area contributed by atoms with Gasteiger partial charge in [0.2, 0.25) is 0 Å². The van der Waals surface area contributed by atoms with Crippen molar-refractivity contribution < 1.29 is 9.53 Å². The van der Waals surface area contributed by atoms with Gasteiger partial charge in [-0.05, 0) is 44.0 Å². The standard InChI is InChI=1S/C17H21N3O2/c1-3-22-15-8-6-13(7-9-15)17(21)20-10-4-5-16-14(12-20)11-18-19(16)2/h6-9,11H,3-5,10,12H2,1-2H3. The summed E-state index contributed by atoms with van der Waals surface area (Å²) in [7, 11) is 1.96. The van der Waals surface area contributed by atoms with Crippen molar-refractivity contribution in [1.29, 1.82) is 0 Å². The van der Waals surface area contributed by atoms with Crippen LogP contribution in [-0.4, -0.2) is 33.7 Å². The highest BCUT2D eigenvalue weighted by molar-refractivity contribution is 5.94. The van der Waals surface area contributed by atoms with Crippen LogP contribution in [0.25, 0.3) is 0 Å². The number of amides is 1. The van der Waals surface area contributed by atoms with Crippen LogP contribution in [0.3, 0.4) is 0 Å². The summed E-state index contributed by atoms with van der Waals surface area (Å²) in [4.78, 5) is 14.6. The van der Waals surface area contributed by atoms with Gasteiger partial charge in [-0.2, -0.15) is 5.10 Å². The minimum absolute atomic E-state index is 0.0692. The van der Waals surface area contributed by atoms with Gasteiger partial charge in [0.25, 0.3) is 5.91 Å². The highest BCUT2D eigenvalue weighted by Gasteiger charge is 2.22. The van der Waals surface area contributed by atoms with Gasteiger partial charge in [-0.3, -0.25) is 9.48 Å². The van der Waals surface area contributed by atoms with E-state index >= 15 is 0 Å². The first-order valence-electron chi connectivity index (χ1n) is 7.71. The molecule has 5 heteroatoms. The molecule has 1 aliphatic rings. The summed E-state index contributed by atoms with van der Waals surface area (Å²) < 4.78 is 7.34. The van der Waals surface area contributed by atoms with E-state index in [9.17, 15) is 4.79 Å². The Morgan fingerprint density at radius 2 is 2.09 bits per heavy atom. The second-order valence-electron chi connectivity index (χ2n) is 5.53. The van der Waals surface area contributed by atoms with Crippen LogP contribution in [0.2, 0.25) is 0 Å². The van der Waals surface area contributed by atoms with E-state index in [-0.39, 0.29) is 5.91 Å². The molecule has 2 heterocycles. The smallest absolute Gasteiger partial charge is 0.254 e. The molecule has 0 saturated heterocycles. The number of hydrogen-bond donors (Lipinski definition) is 0. The van der Waals surface area contributed by atoms with Crippen molar-refractivity contribution in [2.45, 2.75) is 26.3 Å². The number of nitrogens with zero attached hydrogens (tertiary/aromatic N) is 3. The molecule has 0 radical (unpaired) electrons. The molecule has 0 aliphatic carbocycles. The Hall–Kier alpha value is -2.30. The van der Waals surface area contributed by atoms with E-state index in [0.29, 0.717) is 18.7 Å². The summed E-state index contributed by atoms with van der Waals surface area (Å²) in [5.74, 6) is 0.865. The zero-order chi connectivity index (χ0) is 15.5. The maximum atomic E-state index is 12.7. The molecule has 3 rings (SSSR count). The molecule has 1 aromatic heterocycles. The van der Waals surface area contributed by atoms with Crippen molar-refractivity contribution in [3.8, 4) is 5.75 Å². The van der Waals surface area contributed by atoms with E-state index < -0.39 is 0 Å². The quantitative estimate of drug-likeness (QED) is 0.874. The number of carbonyl (C=O) groups is 1. The lowest BCUT2D eigenvalue weighted by atomic mass is 10.1. The summed E-state index contributed by atoms with van der Waals surface area (Å²) in [5.41, 5.74) is 3.09. The zero-order valence-electron chi connectivity index (χ0n) is 13.1. The molecule has 1 amide bonds. The maximum absolute atomic E-state index is 12.7. The van der Waals surface area contributed by atoms with Gasteiger partial charge in [0.05, 0.1) is 12.8 Å². The lowest BCUT2D eigenvalue weighted by Gasteiger charge is -2.20. The molecule has 1 aliphatic heterocycles. The topological polar surface area (TPSA) is 47.4 Å². The second-order valence-corrected chi connectivity index (χ2v) is 5.53. The molecular weight excluding hydrogens is 278 g/mol. The molecule has 0 unspecified atom stereocenters. The normalized spacial score (nSPS) is 14.4. The van der Waals surface area contributed by atoms with Crippen LogP contribution in [0.4, 0.5) is 0 Å². The first-order chi connectivity index (χ1) is 10.7. The molecule has 0 spiro atoms. The van der Waals surface area contributed by atoms with E-state index in [2.05, 4.69) is 5.10 Å². The first kappa shape index (κ1) is 14.6. The molecule has 0 saturated carbocycles. The van der Waals surface area contributed by atoms with E-state index in [1.807, 2.05) is 54.0 Å². The van der Waals surface area contributed by atoms with Crippen LogP contribution in [0.1, 0.15) is 35.0 Å². The summed E-state index contributed by atoms with van der Waals surface area (Å²) in [5, 5.41) is 4.30. The molecule has 0 bridgehead atoms.